The van der Waals surface area contributed by atoms with Crippen molar-refractivity contribution in [2.24, 2.45) is 0 Å². The zero-order valence-corrected chi connectivity index (χ0v) is 16.9. The summed E-state index contributed by atoms with van der Waals surface area (Å²) in [5, 5.41) is 2.88. The first-order valence-corrected chi connectivity index (χ1v) is 10.1. The Morgan fingerprint density at radius 2 is 1.77 bits per heavy atom. The van der Waals surface area contributed by atoms with Crippen LogP contribution >= 0.6 is 0 Å². The molecule has 0 bridgehead atoms. The number of hydrogen-bond donors (Lipinski definition) is 1. The molecule has 1 aliphatic rings. The molecule has 3 aromatic carbocycles. The highest BCUT2D eigenvalue weighted by Gasteiger charge is 2.24. The van der Waals surface area contributed by atoms with Gasteiger partial charge in [-0.1, -0.05) is 42.5 Å². The molecule has 3 aromatic rings. The van der Waals surface area contributed by atoms with Gasteiger partial charge in [0.05, 0.1) is 0 Å². The van der Waals surface area contributed by atoms with Crippen LogP contribution in [-0.4, -0.2) is 25.0 Å². The number of fused-ring (bicyclic) bond motifs is 1. The van der Waals surface area contributed by atoms with Crippen LogP contribution in [0.1, 0.15) is 27.9 Å². The number of carbonyl (C=O) groups is 2. The van der Waals surface area contributed by atoms with Gasteiger partial charge in [-0.3, -0.25) is 9.59 Å². The van der Waals surface area contributed by atoms with Crippen LogP contribution in [0, 0.1) is 6.92 Å². The zero-order valence-electron chi connectivity index (χ0n) is 16.9. The minimum absolute atomic E-state index is 0.0251. The molecule has 1 heterocycles. The highest BCUT2D eigenvalue weighted by atomic mass is 16.5. The molecule has 0 spiro atoms. The van der Waals surface area contributed by atoms with Crippen molar-refractivity contribution >= 4 is 23.2 Å². The first-order valence-electron chi connectivity index (χ1n) is 10.1. The molecule has 0 radical (unpaired) electrons. The standard InChI is InChI=1S/C25H24N2O3/c1-18-8-5-6-12-23(18)30-17-24(28)26-21-14-13-19-11-7-15-27(22(19)16-21)25(29)20-9-3-2-4-10-20/h2-6,8-10,12-14,16H,7,11,15,17H2,1H3,(H,26,28). The van der Waals surface area contributed by atoms with Crippen molar-refractivity contribution in [3.63, 3.8) is 0 Å². The van der Waals surface area contributed by atoms with Crippen molar-refractivity contribution in [1.29, 1.82) is 0 Å². The highest BCUT2D eigenvalue weighted by Crippen LogP contribution is 2.31. The molecule has 0 unspecified atom stereocenters. The molecule has 4 rings (SSSR count). The fourth-order valence-corrected chi connectivity index (χ4v) is 3.66. The molecule has 0 fully saturated rings. The first-order chi connectivity index (χ1) is 14.6. The van der Waals surface area contributed by atoms with Crippen LogP contribution in [0.5, 0.6) is 5.75 Å². The normalized spacial score (nSPS) is 12.8. The maximum atomic E-state index is 13.0. The number of rotatable bonds is 5. The smallest absolute Gasteiger partial charge is 0.262 e. The lowest BCUT2D eigenvalue weighted by Crippen LogP contribution is -2.35. The van der Waals surface area contributed by atoms with Crippen LogP contribution in [0.15, 0.2) is 72.8 Å². The van der Waals surface area contributed by atoms with E-state index in [2.05, 4.69) is 5.32 Å². The molecule has 0 aliphatic carbocycles. The van der Waals surface area contributed by atoms with Crippen molar-refractivity contribution in [3.8, 4) is 5.75 Å². The van der Waals surface area contributed by atoms with E-state index in [0.717, 1.165) is 29.7 Å². The number of amides is 2. The number of carbonyl (C=O) groups excluding carboxylic acids is 2. The van der Waals surface area contributed by atoms with Crippen molar-refractivity contribution in [2.75, 3.05) is 23.4 Å². The van der Waals surface area contributed by atoms with Gasteiger partial charge in [-0.05, 0) is 61.2 Å². The van der Waals surface area contributed by atoms with E-state index in [9.17, 15) is 9.59 Å². The van der Waals surface area contributed by atoms with Crippen LogP contribution in [0.2, 0.25) is 0 Å². The minimum Gasteiger partial charge on any atom is -0.483 e. The molecule has 5 heteroatoms. The van der Waals surface area contributed by atoms with Gasteiger partial charge in [0.2, 0.25) is 0 Å². The Kier molecular flexibility index (Phi) is 5.80. The molecule has 5 nitrogen and oxygen atoms in total. The van der Waals surface area contributed by atoms with Crippen molar-refractivity contribution in [3.05, 3.63) is 89.5 Å². The van der Waals surface area contributed by atoms with E-state index < -0.39 is 0 Å². The topological polar surface area (TPSA) is 58.6 Å². The molecule has 30 heavy (non-hydrogen) atoms. The summed E-state index contributed by atoms with van der Waals surface area (Å²) < 4.78 is 5.62. The molecule has 0 atom stereocenters. The van der Waals surface area contributed by atoms with Crippen LogP contribution in [0.25, 0.3) is 0 Å². The average molecular weight is 400 g/mol. The highest BCUT2D eigenvalue weighted by molar-refractivity contribution is 6.07. The first kappa shape index (κ1) is 19.7. The van der Waals surface area contributed by atoms with Gasteiger partial charge in [-0.2, -0.15) is 0 Å². The quantitative estimate of drug-likeness (QED) is 0.681. The zero-order chi connectivity index (χ0) is 20.9. The Bertz CT molecular complexity index is 1060. The number of aryl methyl sites for hydroxylation is 2. The van der Waals surface area contributed by atoms with E-state index in [0.29, 0.717) is 23.5 Å². The van der Waals surface area contributed by atoms with Gasteiger partial charge in [0, 0.05) is 23.5 Å². The van der Waals surface area contributed by atoms with Gasteiger partial charge in [0.1, 0.15) is 5.75 Å². The van der Waals surface area contributed by atoms with E-state index in [-0.39, 0.29) is 18.4 Å². The lowest BCUT2D eigenvalue weighted by Gasteiger charge is -2.30. The number of nitrogens with zero attached hydrogens (tertiary/aromatic N) is 1. The Morgan fingerprint density at radius 1 is 1.00 bits per heavy atom. The fraction of sp³-hybridized carbons (Fsp3) is 0.200. The Labute approximate surface area is 176 Å². The number of ether oxygens (including phenoxy) is 1. The summed E-state index contributed by atoms with van der Waals surface area (Å²) in [4.78, 5) is 27.2. The Balaban J connectivity index is 1.48. The molecule has 0 saturated heterocycles. The predicted octanol–water partition coefficient (Wildman–Crippen LogP) is 4.61. The van der Waals surface area contributed by atoms with E-state index in [1.165, 1.54) is 0 Å². The molecule has 152 valence electrons. The van der Waals surface area contributed by atoms with Crippen LogP contribution in [0.3, 0.4) is 0 Å². The number of para-hydroxylation sites is 1. The molecule has 1 aliphatic heterocycles. The fourth-order valence-electron chi connectivity index (χ4n) is 3.66. The monoisotopic (exact) mass is 400 g/mol. The minimum atomic E-state index is -0.241. The Morgan fingerprint density at radius 3 is 2.57 bits per heavy atom. The molecular formula is C25H24N2O3. The lowest BCUT2D eigenvalue weighted by atomic mass is 10.00. The lowest BCUT2D eigenvalue weighted by molar-refractivity contribution is -0.118. The third-order valence-electron chi connectivity index (χ3n) is 5.21. The second-order valence-corrected chi connectivity index (χ2v) is 7.37. The van der Waals surface area contributed by atoms with Gasteiger partial charge in [0.25, 0.3) is 11.8 Å². The summed E-state index contributed by atoms with van der Waals surface area (Å²) in [6.07, 6.45) is 1.83. The van der Waals surface area contributed by atoms with Gasteiger partial charge in [-0.15, -0.1) is 0 Å². The summed E-state index contributed by atoms with van der Waals surface area (Å²) in [6.45, 7) is 2.53. The van der Waals surface area contributed by atoms with E-state index in [1.807, 2.05) is 79.7 Å². The Hall–Kier alpha value is -3.60. The second kappa shape index (κ2) is 8.82. The van der Waals surface area contributed by atoms with E-state index >= 15 is 0 Å². The average Bonchev–Trinajstić information content (AvgIpc) is 2.78. The molecule has 0 aromatic heterocycles. The molecule has 1 N–H and O–H groups in total. The van der Waals surface area contributed by atoms with Crippen LogP contribution in [0.4, 0.5) is 11.4 Å². The summed E-state index contributed by atoms with van der Waals surface area (Å²) in [7, 11) is 0. The maximum Gasteiger partial charge on any atom is 0.262 e. The summed E-state index contributed by atoms with van der Waals surface area (Å²) >= 11 is 0. The van der Waals surface area contributed by atoms with Crippen LogP contribution < -0.4 is 15.0 Å². The molecule has 2 amide bonds. The summed E-state index contributed by atoms with van der Waals surface area (Å²) in [6, 6.07) is 22.6. The predicted molar refractivity (Wildman–Crippen MR) is 118 cm³/mol. The van der Waals surface area contributed by atoms with Gasteiger partial charge in [0.15, 0.2) is 6.61 Å². The third-order valence-corrected chi connectivity index (χ3v) is 5.21. The molecule has 0 saturated carbocycles. The van der Waals surface area contributed by atoms with Crippen LogP contribution in [-0.2, 0) is 11.2 Å². The summed E-state index contributed by atoms with van der Waals surface area (Å²) in [5.74, 6) is 0.426. The largest absolute Gasteiger partial charge is 0.483 e. The third kappa shape index (κ3) is 4.35. The SMILES string of the molecule is Cc1ccccc1OCC(=O)Nc1ccc2c(c1)N(C(=O)c1ccccc1)CCC2. The van der Waals surface area contributed by atoms with Gasteiger partial charge >= 0.3 is 0 Å². The van der Waals surface area contributed by atoms with E-state index in [4.69, 9.17) is 4.74 Å². The number of nitrogens with one attached hydrogen (secondary N) is 1. The van der Waals surface area contributed by atoms with E-state index in [1.54, 1.807) is 4.90 Å². The number of benzene rings is 3. The molecular weight excluding hydrogens is 376 g/mol. The van der Waals surface area contributed by atoms with Gasteiger partial charge in [-0.25, -0.2) is 0 Å². The van der Waals surface area contributed by atoms with Crippen molar-refractivity contribution < 1.29 is 14.3 Å². The summed E-state index contributed by atoms with van der Waals surface area (Å²) in [5.41, 5.74) is 4.26. The number of anilines is 2. The van der Waals surface area contributed by atoms with Gasteiger partial charge < -0.3 is 15.0 Å². The van der Waals surface area contributed by atoms with Crippen molar-refractivity contribution in [1.82, 2.24) is 0 Å². The number of hydrogen-bond acceptors (Lipinski definition) is 3. The second-order valence-electron chi connectivity index (χ2n) is 7.37. The maximum absolute atomic E-state index is 13.0. The van der Waals surface area contributed by atoms with Crippen molar-refractivity contribution in [2.45, 2.75) is 19.8 Å².